The van der Waals surface area contributed by atoms with Gasteiger partial charge in [-0.05, 0) is 6.42 Å². The van der Waals surface area contributed by atoms with Crippen LogP contribution >= 0.6 is 0 Å². The maximum Gasteiger partial charge on any atom is 0.136 e. The number of nitrogens with zero attached hydrogens (tertiary/aromatic N) is 1. The fourth-order valence-electron chi connectivity index (χ4n) is 1.83. The van der Waals surface area contributed by atoms with E-state index in [2.05, 4.69) is 4.90 Å². The number of aliphatic hydroxyl groups is 2. The zero-order valence-corrected chi connectivity index (χ0v) is 12.3. The minimum Gasteiger partial charge on any atom is -0.396 e. The van der Waals surface area contributed by atoms with E-state index in [1.54, 1.807) is 7.11 Å². The van der Waals surface area contributed by atoms with Crippen molar-refractivity contribution in [3.8, 4) is 0 Å². The highest BCUT2D eigenvalue weighted by molar-refractivity contribution is 5.79. The Morgan fingerprint density at radius 2 is 1.40 bits per heavy atom. The van der Waals surface area contributed by atoms with Crippen LogP contribution in [-0.4, -0.2) is 73.2 Å². The normalized spacial score (nSPS) is 11.0. The highest BCUT2D eigenvalue weighted by Crippen LogP contribution is 2.01. The number of ketones is 2. The Morgan fingerprint density at radius 1 is 0.900 bits per heavy atom. The van der Waals surface area contributed by atoms with Gasteiger partial charge in [-0.1, -0.05) is 0 Å². The molecule has 0 unspecified atom stereocenters. The van der Waals surface area contributed by atoms with E-state index in [4.69, 9.17) is 14.9 Å². The minimum atomic E-state index is -0.114. The number of aliphatic hydroxyl groups excluding tert-OH is 2. The van der Waals surface area contributed by atoms with Gasteiger partial charge in [0, 0.05) is 72.2 Å². The topological polar surface area (TPSA) is 87.1 Å². The zero-order chi connectivity index (χ0) is 15.2. The molecular formula is C14H27NO5. The predicted molar refractivity (Wildman–Crippen MR) is 75.6 cm³/mol. The van der Waals surface area contributed by atoms with Crippen LogP contribution < -0.4 is 0 Å². The van der Waals surface area contributed by atoms with Crippen molar-refractivity contribution in [1.29, 1.82) is 0 Å². The smallest absolute Gasteiger partial charge is 0.136 e. The summed E-state index contributed by atoms with van der Waals surface area (Å²) in [5, 5.41) is 17.4. The van der Waals surface area contributed by atoms with E-state index in [0.29, 0.717) is 32.5 Å². The first-order valence-corrected chi connectivity index (χ1v) is 7.10. The van der Waals surface area contributed by atoms with Crippen molar-refractivity contribution in [1.82, 2.24) is 4.90 Å². The van der Waals surface area contributed by atoms with E-state index in [1.165, 1.54) is 0 Å². The van der Waals surface area contributed by atoms with Crippen LogP contribution in [0.15, 0.2) is 0 Å². The molecule has 0 aromatic rings. The summed E-state index contributed by atoms with van der Waals surface area (Å²) in [7, 11) is 1.64. The van der Waals surface area contributed by atoms with Crippen molar-refractivity contribution in [3.05, 3.63) is 0 Å². The highest BCUT2D eigenvalue weighted by atomic mass is 16.5. The second-order valence-electron chi connectivity index (χ2n) is 4.71. The standard InChI is InChI=1S/C14H27NO5/c1-20-12-2-7-15(8-3-13(18)5-10-16)9-4-14(19)6-11-17/h16-17H,2-12H2,1H3. The Bertz CT molecular complexity index is 248. The Hall–Kier alpha value is -0.820. The van der Waals surface area contributed by atoms with Gasteiger partial charge in [-0.2, -0.15) is 0 Å². The third kappa shape index (κ3) is 11.0. The number of carbonyl (C=O) groups excluding carboxylic acids is 2. The summed E-state index contributed by atoms with van der Waals surface area (Å²) in [6.07, 6.45) is 2.01. The third-order valence-corrected chi connectivity index (χ3v) is 3.02. The molecule has 2 N–H and O–H groups in total. The first-order valence-electron chi connectivity index (χ1n) is 7.10. The van der Waals surface area contributed by atoms with E-state index in [-0.39, 0.29) is 37.6 Å². The summed E-state index contributed by atoms with van der Waals surface area (Å²) >= 11 is 0. The molecule has 6 nitrogen and oxygen atoms in total. The SMILES string of the molecule is COCCCN(CCC(=O)CCO)CCC(=O)CCO. The Kier molecular flexibility index (Phi) is 12.6. The molecule has 0 aliphatic heterocycles. The first-order chi connectivity index (χ1) is 9.63. The van der Waals surface area contributed by atoms with Gasteiger partial charge in [0.15, 0.2) is 0 Å². The predicted octanol–water partition coefficient (Wildman–Crippen LogP) is 0.00810. The molecule has 6 heteroatoms. The van der Waals surface area contributed by atoms with Gasteiger partial charge in [-0.25, -0.2) is 0 Å². The van der Waals surface area contributed by atoms with E-state index in [9.17, 15) is 9.59 Å². The number of hydrogen-bond acceptors (Lipinski definition) is 6. The molecule has 0 aliphatic rings. The molecule has 0 bridgehead atoms. The Balaban J connectivity index is 4.05. The van der Waals surface area contributed by atoms with Crippen LogP contribution in [0.5, 0.6) is 0 Å². The van der Waals surface area contributed by atoms with E-state index in [0.717, 1.165) is 13.0 Å². The van der Waals surface area contributed by atoms with Crippen LogP contribution in [0.25, 0.3) is 0 Å². The molecule has 0 radical (unpaired) electrons. The van der Waals surface area contributed by atoms with Crippen LogP contribution in [0.4, 0.5) is 0 Å². The molecule has 0 amide bonds. The number of hydrogen-bond donors (Lipinski definition) is 2. The second-order valence-corrected chi connectivity index (χ2v) is 4.71. The molecular weight excluding hydrogens is 262 g/mol. The summed E-state index contributed by atoms with van der Waals surface area (Å²) in [4.78, 5) is 24.9. The lowest BCUT2D eigenvalue weighted by molar-refractivity contribution is -0.120. The molecule has 0 aliphatic carbocycles. The Labute approximate surface area is 120 Å². The van der Waals surface area contributed by atoms with Gasteiger partial charge in [-0.15, -0.1) is 0 Å². The van der Waals surface area contributed by atoms with Crippen molar-refractivity contribution in [2.75, 3.05) is 46.6 Å². The van der Waals surface area contributed by atoms with E-state index < -0.39 is 0 Å². The molecule has 0 rings (SSSR count). The van der Waals surface area contributed by atoms with Crippen LogP contribution in [0, 0.1) is 0 Å². The Morgan fingerprint density at radius 3 is 1.80 bits per heavy atom. The minimum absolute atomic E-state index is 0.0333. The van der Waals surface area contributed by atoms with Gasteiger partial charge >= 0.3 is 0 Å². The van der Waals surface area contributed by atoms with Gasteiger partial charge < -0.3 is 19.8 Å². The molecule has 0 spiro atoms. The lowest BCUT2D eigenvalue weighted by atomic mass is 10.2. The number of methoxy groups -OCH3 is 1. The van der Waals surface area contributed by atoms with Crippen molar-refractivity contribution < 1.29 is 24.5 Å². The number of rotatable bonds is 14. The summed E-state index contributed by atoms with van der Waals surface area (Å²) in [6, 6.07) is 0. The molecule has 0 saturated heterocycles. The molecule has 0 saturated carbocycles. The third-order valence-electron chi connectivity index (χ3n) is 3.02. The van der Waals surface area contributed by atoms with Gasteiger partial charge in [0.25, 0.3) is 0 Å². The lowest BCUT2D eigenvalue weighted by Gasteiger charge is -2.21. The highest BCUT2D eigenvalue weighted by Gasteiger charge is 2.10. The quantitative estimate of drug-likeness (QED) is 0.438. The van der Waals surface area contributed by atoms with Crippen LogP contribution in [0.1, 0.15) is 32.1 Å². The molecule has 0 fully saturated rings. The monoisotopic (exact) mass is 289 g/mol. The first kappa shape index (κ1) is 19.2. The summed E-state index contributed by atoms with van der Waals surface area (Å²) in [6.45, 7) is 2.37. The lowest BCUT2D eigenvalue weighted by Crippen LogP contribution is -2.30. The van der Waals surface area contributed by atoms with Crippen molar-refractivity contribution >= 4 is 11.6 Å². The second kappa shape index (κ2) is 13.2. The number of ether oxygens (including phenoxy) is 1. The molecule has 20 heavy (non-hydrogen) atoms. The molecule has 0 heterocycles. The maximum atomic E-state index is 11.4. The van der Waals surface area contributed by atoms with E-state index >= 15 is 0 Å². The van der Waals surface area contributed by atoms with Crippen molar-refractivity contribution in [2.45, 2.75) is 32.1 Å². The maximum absolute atomic E-state index is 11.4. The van der Waals surface area contributed by atoms with Gasteiger partial charge in [0.2, 0.25) is 0 Å². The van der Waals surface area contributed by atoms with Crippen molar-refractivity contribution in [3.63, 3.8) is 0 Å². The molecule has 0 aromatic carbocycles. The van der Waals surface area contributed by atoms with Crippen LogP contribution in [-0.2, 0) is 14.3 Å². The molecule has 118 valence electrons. The summed E-state index contributed by atoms with van der Waals surface area (Å²) in [5.74, 6) is 0.0665. The largest absolute Gasteiger partial charge is 0.396 e. The van der Waals surface area contributed by atoms with Crippen LogP contribution in [0.3, 0.4) is 0 Å². The van der Waals surface area contributed by atoms with Gasteiger partial charge in [-0.3, -0.25) is 9.59 Å². The molecule has 0 aromatic heterocycles. The van der Waals surface area contributed by atoms with E-state index in [1.807, 2.05) is 0 Å². The number of carbonyl (C=O) groups is 2. The summed E-state index contributed by atoms with van der Waals surface area (Å²) < 4.78 is 4.99. The number of Topliss-reactive ketones (excluding diaryl/α,β-unsaturated/α-hetero) is 2. The van der Waals surface area contributed by atoms with Crippen molar-refractivity contribution in [2.24, 2.45) is 0 Å². The summed E-state index contributed by atoms with van der Waals surface area (Å²) in [5.41, 5.74) is 0. The average molecular weight is 289 g/mol. The zero-order valence-electron chi connectivity index (χ0n) is 12.3. The van der Waals surface area contributed by atoms with Crippen LogP contribution in [0.2, 0.25) is 0 Å². The van der Waals surface area contributed by atoms with Gasteiger partial charge in [0.05, 0.1) is 0 Å². The fraction of sp³-hybridized carbons (Fsp3) is 0.857. The fourth-order valence-corrected chi connectivity index (χ4v) is 1.83. The van der Waals surface area contributed by atoms with Gasteiger partial charge in [0.1, 0.15) is 11.6 Å². The average Bonchev–Trinajstić information content (AvgIpc) is 2.42. The molecule has 0 atom stereocenters.